The van der Waals surface area contributed by atoms with Crippen molar-refractivity contribution in [2.45, 2.75) is 45.3 Å². The van der Waals surface area contributed by atoms with Crippen LogP contribution in [0.4, 0.5) is 5.69 Å². The Morgan fingerprint density at radius 1 is 1.57 bits per heavy atom. The summed E-state index contributed by atoms with van der Waals surface area (Å²) in [5.41, 5.74) is 0.843. The Kier molecular flexibility index (Phi) is 4.57. The fourth-order valence-corrected chi connectivity index (χ4v) is 2.85. The Bertz CT molecular complexity index is 557. The summed E-state index contributed by atoms with van der Waals surface area (Å²) < 4.78 is 0. The van der Waals surface area contributed by atoms with Gasteiger partial charge in [-0.15, -0.1) is 0 Å². The maximum Gasteiger partial charge on any atom is 0.273 e. The van der Waals surface area contributed by atoms with E-state index in [0.29, 0.717) is 24.1 Å². The van der Waals surface area contributed by atoms with Crippen LogP contribution in [0.2, 0.25) is 0 Å². The molecule has 0 bridgehead atoms. The van der Waals surface area contributed by atoms with Crippen LogP contribution < -0.4 is 0 Å². The van der Waals surface area contributed by atoms with Gasteiger partial charge in [0, 0.05) is 29.8 Å². The number of aliphatic hydroxyl groups excluding tert-OH is 1. The fourth-order valence-electron chi connectivity index (χ4n) is 2.85. The van der Waals surface area contributed by atoms with E-state index in [9.17, 15) is 20.0 Å². The first-order valence-electron chi connectivity index (χ1n) is 7.14. The Hall–Kier alpha value is -1.95. The van der Waals surface area contributed by atoms with Crippen molar-refractivity contribution < 1.29 is 14.8 Å². The van der Waals surface area contributed by atoms with E-state index >= 15 is 0 Å². The van der Waals surface area contributed by atoms with Crippen LogP contribution in [0, 0.1) is 17.0 Å². The van der Waals surface area contributed by atoms with Gasteiger partial charge in [0.15, 0.2) is 0 Å². The smallest absolute Gasteiger partial charge is 0.273 e. The lowest BCUT2D eigenvalue weighted by Crippen LogP contribution is -2.37. The second-order valence-electron chi connectivity index (χ2n) is 5.64. The number of hydrogen-bond acceptors (Lipinski definition) is 4. The van der Waals surface area contributed by atoms with Gasteiger partial charge in [-0.2, -0.15) is 0 Å². The van der Waals surface area contributed by atoms with Crippen LogP contribution in [0.5, 0.6) is 0 Å². The molecular weight excluding hydrogens is 272 g/mol. The highest BCUT2D eigenvalue weighted by molar-refractivity contribution is 5.95. The number of aryl methyl sites for hydroxylation is 1. The number of amides is 1. The molecule has 1 N–H and O–H groups in total. The third kappa shape index (κ3) is 3.39. The zero-order chi connectivity index (χ0) is 15.6. The third-order valence-electron chi connectivity index (χ3n) is 3.90. The third-order valence-corrected chi connectivity index (χ3v) is 3.90. The monoisotopic (exact) mass is 292 g/mol. The van der Waals surface area contributed by atoms with Crippen LogP contribution in [-0.4, -0.2) is 39.5 Å². The molecule has 1 fully saturated rings. The molecule has 6 heteroatoms. The molecule has 21 heavy (non-hydrogen) atoms. The van der Waals surface area contributed by atoms with Crippen molar-refractivity contribution in [1.29, 1.82) is 0 Å². The van der Waals surface area contributed by atoms with Crippen LogP contribution in [-0.2, 0) is 0 Å². The summed E-state index contributed by atoms with van der Waals surface area (Å²) in [6.07, 6.45) is 1.84. The molecule has 0 radical (unpaired) electrons. The number of nitrogens with zero attached hydrogens (tertiary/aromatic N) is 2. The molecule has 0 aromatic heterocycles. The highest BCUT2D eigenvalue weighted by atomic mass is 16.6. The zero-order valence-corrected chi connectivity index (χ0v) is 12.3. The molecule has 1 saturated heterocycles. The number of likely N-dealkylation sites (tertiary alicyclic amines) is 1. The molecule has 1 amide bonds. The highest BCUT2D eigenvalue weighted by Gasteiger charge is 2.30. The Labute approximate surface area is 123 Å². The van der Waals surface area contributed by atoms with E-state index in [2.05, 4.69) is 0 Å². The van der Waals surface area contributed by atoms with Crippen molar-refractivity contribution in [1.82, 2.24) is 4.90 Å². The fraction of sp³-hybridized carbons (Fsp3) is 0.533. The molecule has 0 saturated carbocycles. The summed E-state index contributed by atoms with van der Waals surface area (Å²) in [6, 6.07) is 4.58. The van der Waals surface area contributed by atoms with Crippen molar-refractivity contribution in [3.8, 4) is 0 Å². The number of nitro groups is 1. The van der Waals surface area contributed by atoms with Gasteiger partial charge in [-0.3, -0.25) is 14.9 Å². The minimum atomic E-state index is -0.469. The van der Waals surface area contributed by atoms with Crippen molar-refractivity contribution in [3.63, 3.8) is 0 Å². The topological polar surface area (TPSA) is 83.7 Å². The summed E-state index contributed by atoms with van der Waals surface area (Å²) in [5, 5.41) is 20.5. The van der Waals surface area contributed by atoms with Gasteiger partial charge in [-0.05, 0) is 39.2 Å². The van der Waals surface area contributed by atoms with Gasteiger partial charge in [-0.1, -0.05) is 6.07 Å². The van der Waals surface area contributed by atoms with Gasteiger partial charge in [0.25, 0.3) is 11.6 Å². The van der Waals surface area contributed by atoms with Crippen molar-refractivity contribution in [2.75, 3.05) is 6.54 Å². The first-order chi connectivity index (χ1) is 9.90. The van der Waals surface area contributed by atoms with Gasteiger partial charge in [0.2, 0.25) is 0 Å². The van der Waals surface area contributed by atoms with Crippen LogP contribution in [0.15, 0.2) is 18.2 Å². The van der Waals surface area contributed by atoms with Crippen LogP contribution in [0.25, 0.3) is 0 Å². The average Bonchev–Trinajstić information content (AvgIpc) is 2.85. The molecule has 2 atom stereocenters. The highest BCUT2D eigenvalue weighted by Crippen LogP contribution is 2.26. The lowest BCUT2D eigenvalue weighted by atomic mass is 10.1. The number of rotatable bonds is 4. The molecular formula is C15H20N2O4. The minimum Gasteiger partial charge on any atom is -0.393 e. The second kappa shape index (κ2) is 6.22. The SMILES string of the molecule is Cc1ccc(C(=O)N2CCCC2CC(C)O)cc1[N+](=O)[O-]. The van der Waals surface area contributed by atoms with E-state index in [4.69, 9.17) is 0 Å². The largest absolute Gasteiger partial charge is 0.393 e. The number of benzene rings is 1. The van der Waals surface area contributed by atoms with Crippen LogP contribution >= 0.6 is 0 Å². The maximum absolute atomic E-state index is 12.5. The molecule has 1 aromatic rings. The van der Waals surface area contributed by atoms with E-state index in [1.807, 2.05) is 0 Å². The van der Waals surface area contributed by atoms with Crippen molar-refractivity contribution in [3.05, 3.63) is 39.4 Å². The summed E-state index contributed by atoms with van der Waals surface area (Å²) in [5.74, 6) is -0.193. The molecule has 2 rings (SSSR count). The number of carbonyl (C=O) groups is 1. The maximum atomic E-state index is 12.5. The quantitative estimate of drug-likeness (QED) is 0.681. The van der Waals surface area contributed by atoms with E-state index in [0.717, 1.165) is 12.8 Å². The van der Waals surface area contributed by atoms with Gasteiger partial charge >= 0.3 is 0 Å². The van der Waals surface area contributed by atoms with Gasteiger partial charge in [0.1, 0.15) is 0 Å². The number of aliphatic hydroxyl groups is 1. The van der Waals surface area contributed by atoms with Crippen molar-refractivity contribution in [2.24, 2.45) is 0 Å². The number of carbonyl (C=O) groups excluding carboxylic acids is 1. The molecule has 1 heterocycles. The van der Waals surface area contributed by atoms with E-state index < -0.39 is 11.0 Å². The van der Waals surface area contributed by atoms with Crippen molar-refractivity contribution >= 4 is 11.6 Å². The van der Waals surface area contributed by atoms with Crippen LogP contribution in [0.1, 0.15) is 42.1 Å². The molecule has 1 aliphatic rings. The minimum absolute atomic E-state index is 0.0119. The molecule has 0 spiro atoms. The number of nitro benzene ring substituents is 1. The molecule has 0 aliphatic carbocycles. The predicted molar refractivity (Wildman–Crippen MR) is 78.2 cm³/mol. The summed E-state index contributed by atoms with van der Waals surface area (Å²) in [6.45, 7) is 3.99. The second-order valence-corrected chi connectivity index (χ2v) is 5.64. The molecule has 1 aliphatic heterocycles. The Balaban J connectivity index is 2.23. The lowest BCUT2D eigenvalue weighted by molar-refractivity contribution is -0.385. The molecule has 6 nitrogen and oxygen atoms in total. The summed E-state index contributed by atoms with van der Waals surface area (Å²) in [4.78, 5) is 24.8. The van der Waals surface area contributed by atoms with Gasteiger partial charge in [0.05, 0.1) is 11.0 Å². The summed E-state index contributed by atoms with van der Waals surface area (Å²) in [7, 11) is 0. The molecule has 2 unspecified atom stereocenters. The van der Waals surface area contributed by atoms with E-state index in [-0.39, 0.29) is 17.6 Å². The van der Waals surface area contributed by atoms with E-state index in [1.165, 1.54) is 6.07 Å². The van der Waals surface area contributed by atoms with Crippen LogP contribution in [0.3, 0.4) is 0 Å². The average molecular weight is 292 g/mol. The first kappa shape index (κ1) is 15.4. The van der Waals surface area contributed by atoms with E-state index in [1.54, 1.807) is 30.9 Å². The molecule has 114 valence electrons. The normalized spacial score (nSPS) is 19.6. The Morgan fingerprint density at radius 3 is 2.90 bits per heavy atom. The van der Waals surface area contributed by atoms with Gasteiger partial charge < -0.3 is 10.0 Å². The number of hydrogen-bond donors (Lipinski definition) is 1. The Morgan fingerprint density at radius 2 is 2.29 bits per heavy atom. The zero-order valence-electron chi connectivity index (χ0n) is 12.3. The lowest BCUT2D eigenvalue weighted by Gasteiger charge is -2.25. The molecule has 1 aromatic carbocycles. The predicted octanol–water partition coefficient (Wildman–Crippen LogP) is 2.28. The van der Waals surface area contributed by atoms with Gasteiger partial charge in [-0.25, -0.2) is 0 Å². The summed E-state index contributed by atoms with van der Waals surface area (Å²) >= 11 is 0. The first-order valence-corrected chi connectivity index (χ1v) is 7.14. The standard InChI is InChI=1S/C15H20N2O4/c1-10-5-6-12(9-14(10)17(20)21)15(19)16-7-3-4-13(16)8-11(2)18/h5-6,9,11,13,18H,3-4,7-8H2,1-2H3.